The zero-order valence-electron chi connectivity index (χ0n) is 20.1. The Morgan fingerprint density at radius 3 is 2.49 bits per heavy atom. The lowest BCUT2D eigenvalue weighted by Gasteiger charge is -2.39. The van der Waals surface area contributed by atoms with Crippen LogP contribution in [0.1, 0.15) is 38.8 Å². The number of ether oxygens (including phenoxy) is 1. The average molecular weight is 493 g/mol. The number of anilines is 1. The molecule has 0 radical (unpaired) electrons. The van der Waals surface area contributed by atoms with E-state index in [-0.39, 0.29) is 34.7 Å². The summed E-state index contributed by atoms with van der Waals surface area (Å²) < 4.78 is 46.1. The van der Waals surface area contributed by atoms with Crippen molar-refractivity contribution in [2.45, 2.75) is 52.4 Å². The molecule has 1 saturated heterocycles. The molecule has 4 rings (SSSR count). The predicted molar refractivity (Wildman–Crippen MR) is 122 cm³/mol. The first kappa shape index (κ1) is 24.6. The van der Waals surface area contributed by atoms with E-state index in [1.165, 1.54) is 11.4 Å². The second kappa shape index (κ2) is 8.58. The molecule has 1 aliphatic heterocycles. The summed E-state index contributed by atoms with van der Waals surface area (Å²) in [5.41, 5.74) is -0.795. The lowest BCUT2D eigenvalue weighted by Crippen LogP contribution is -2.55. The fourth-order valence-electron chi connectivity index (χ4n) is 4.04. The van der Waals surface area contributed by atoms with Crippen molar-refractivity contribution < 1.29 is 27.8 Å². The van der Waals surface area contributed by atoms with Crippen molar-refractivity contribution in [3.63, 3.8) is 0 Å². The monoisotopic (exact) mass is 492 g/mol. The summed E-state index contributed by atoms with van der Waals surface area (Å²) in [4.78, 5) is 25.0. The minimum absolute atomic E-state index is 0.138. The molecule has 0 spiro atoms. The smallest absolute Gasteiger partial charge is 0.416 e. The maximum atomic E-state index is 13.1. The molecule has 1 aromatic carbocycles. The Morgan fingerprint density at radius 1 is 1.17 bits per heavy atom. The van der Waals surface area contributed by atoms with Gasteiger partial charge in [0.1, 0.15) is 11.4 Å². The molecule has 9 nitrogen and oxygen atoms in total. The molecule has 35 heavy (non-hydrogen) atoms. The van der Waals surface area contributed by atoms with Gasteiger partial charge in [0, 0.05) is 37.4 Å². The maximum absolute atomic E-state index is 13.1. The van der Waals surface area contributed by atoms with Gasteiger partial charge in [-0.2, -0.15) is 18.2 Å². The van der Waals surface area contributed by atoms with Crippen molar-refractivity contribution in [3.8, 4) is 17.0 Å². The molecule has 0 unspecified atom stereocenters. The summed E-state index contributed by atoms with van der Waals surface area (Å²) in [5.74, 6) is 0.137. The summed E-state index contributed by atoms with van der Waals surface area (Å²) in [6.07, 6.45) is -3.35. The molecular formula is C23H27F3N6O3. The third-order valence-corrected chi connectivity index (χ3v) is 5.63. The van der Waals surface area contributed by atoms with Gasteiger partial charge in [-0.25, -0.2) is 14.3 Å². The van der Waals surface area contributed by atoms with Crippen LogP contribution in [0.4, 0.5) is 23.9 Å². The number of halogens is 3. The zero-order valence-corrected chi connectivity index (χ0v) is 20.1. The number of amides is 1. The molecule has 1 N–H and O–H groups in total. The minimum atomic E-state index is -4.56. The Labute approximate surface area is 200 Å². The Kier molecular flexibility index (Phi) is 6.02. The molecule has 3 heterocycles. The first-order valence-electron chi connectivity index (χ1n) is 11.1. The Bertz CT molecular complexity index is 1240. The highest BCUT2D eigenvalue weighted by atomic mass is 19.4. The summed E-state index contributed by atoms with van der Waals surface area (Å²) in [6, 6.07) is 3.08. The van der Waals surface area contributed by atoms with E-state index in [1.54, 1.807) is 17.2 Å². The van der Waals surface area contributed by atoms with E-state index in [0.29, 0.717) is 31.6 Å². The fourth-order valence-corrected chi connectivity index (χ4v) is 4.04. The van der Waals surface area contributed by atoms with Gasteiger partial charge < -0.3 is 19.6 Å². The molecule has 1 atom stereocenters. The summed E-state index contributed by atoms with van der Waals surface area (Å²) in [5, 5.41) is 14.8. The first-order valence-corrected chi connectivity index (χ1v) is 11.1. The van der Waals surface area contributed by atoms with Gasteiger partial charge >= 0.3 is 12.3 Å². The van der Waals surface area contributed by atoms with Gasteiger partial charge in [0.15, 0.2) is 0 Å². The van der Waals surface area contributed by atoms with E-state index in [4.69, 9.17) is 4.74 Å². The highest BCUT2D eigenvalue weighted by molar-refractivity contribution is 5.72. The van der Waals surface area contributed by atoms with Crippen LogP contribution in [0.5, 0.6) is 5.75 Å². The molecule has 0 saturated carbocycles. The van der Waals surface area contributed by atoms with Crippen molar-refractivity contribution in [2.24, 2.45) is 0 Å². The molecule has 3 aromatic rings. The van der Waals surface area contributed by atoms with Crippen LogP contribution in [0.25, 0.3) is 17.0 Å². The van der Waals surface area contributed by atoms with Gasteiger partial charge in [0.05, 0.1) is 11.3 Å². The van der Waals surface area contributed by atoms with Crippen LogP contribution in [0.2, 0.25) is 0 Å². The van der Waals surface area contributed by atoms with Crippen molar-refractivity contribution in [3.05, 3.63) is 35.5 Å². The highest BCUT2D eigenvalue weighted by Crippen LogP contribution is 2.38. The van der Waals surface area contributed by atoms with E-state index in [0.717, 1.165) is 6.07 Å². The maximum Gasteiger partial charge on any atom is 0.416 e. The SMILES string of the molecule is Cc1cc(C(F)(F)F)cc(O)c1-c1ccn2nc(N3CCN(C(=O)OC(C)(C)C)[C@H](C)C3)nc2n1. The van der Waals surface area contributed by atoms with E-state index < -0.39 is 23.1 Å². The van der Waals surface area contributed by atoms with Crippen molar-refractivity contribution in [1.29, 1.82) is 0 Å². The second-order valence-electron chi connectivity index (χ2n) is 9.62. The number of piperazine rings is 1. The molecule has 2 aromatic heterocycles. The molecule has 12 heteroatoms. The number of fused-ring (bicyclic) bond motifs is 1. The minimum Gasteiger partial charge on any atom is -0.507 e. The van der Waals surface area contributed by atoms with Crippen LogP contribution in [0.15, 0.2) is 24.4 Å². The van der Waals surface area contributed by atoms with Crippen LogP contribution < -0.4 is 4.90 Å². The number of aromatic nitrogens is 4. The molecule has 1 aliphatic rings. The van der Waals surface area contributed by atoms with Gasteiger partial charge in [-0.05, 0) is 58.4 Å². The van der Waals surface area contributed by atoms with Gasteiger partial charge in [-0.1, -0.05) is 0 Å². The number of aromatic hydroxyl groups is 1. The lowest BCUT2D eigenvalue weighted by atomic mass is 10.0. The quantitative estimate of drug-likeness (QED) is 0.571. The molecule has 1 fully saturated rings. The number of aryl methyl sites for hydroxylation is 1. The third-order valence-electron chi connectivity index (χ3n) is 5.63. The Hall–Kier alpha value is -3.57. The van der Waals surface area contributed by atoms with E-state index >= 15 is 0 Å². The Balaban J connectivity index is 1.56. The number of carbonyl (C=O) groups is 1. The standard InChI is InChI=1S/C23H27F3N6O3/c1-13-10-15(23(24,25)26)11-17(33)18(13)16-6-7-32-19(27-16)28-20(29-32)30-8-9-31(14(2)12-30)21(34)35-22(3,4)5/h6-7,10-11,14,33H,8-9,12H2,1-5H3/t14-/m1/s1. The van der Waals surface area contributed by atoms with Crippen LogP contribution >= 0.6 is 0 Å². The van der Waals surface area contributed by atoms with Gasteiger partial charge in [-0.3, -0.25) is 0 Å². The summed E-state index contributed by atoms with van der Waals surface area (Å²) in [6.45, 7) is 10.3. The number of hydrogen-bond donors (Lipinski definition) is 1. The largest absolute Gasteiger partial charge is 0.507 e. The topological polar surface area (TPSA) is 96.1 Å². The highest BCUT2D eigenvalue weighted by Gasteiger charge is 2.33. The lowest BCUT2D eigenvalue weighted by molar-refractivity contribution is -0.137. The third kappa shape index (κ3) is 5.10. The van der Waals surface area contributed by atoms with Crippen molar-refractivity contribution in [2.75, 3.05) is 24.5 Å². The first-order chi connectivity index (χ1) is 16.2. The number of alkyl halides is 3. The number of rotatable bonds is 2. The van der Waals surface area contributed by atoms with Crippen LogP contribution in [0.3, 0.4) is 0 Å². The summed E-state index contributed by atoms with van der Waals surface area (Å²) in [7, 11) is 0. The normalized spacial score (nSPS) is 17.2. The van der Waals surface area contributed by atoms with Crippen LogP contribution in [0, 0.1) is 6.92 Å². The Morgan fingerprint density at radius 2 is 1.89 bits per heavy atom. The summed E-state index contributed by atoms with van der Waals surface area (Å²) >= 11 is 0. The second-order valence-corrected chi connectivity index (χ2v) is 9.62. The molecular weight excluding hydrogens is 465 g/mol. The van der Waals surface area contributed by atoms with Crippen molar-refractivity contribution in [1.82, 2.24) is 24.5 Å². The number of phenolic OH excluding ortho intramolecular Hbond substituents is 1. The molecule has 0 bridgehead atoms. The van der Waals surface area contributed by atoms with Gasteiger partial charge in [0.2, 0.25) is 5.95 Å². The number of benzene rings is 1. The number of phenols is 1. The number of carbonyl (C=O) groups excluding carboxylic acids is 1. The van der Waals surface area contributed by atoms with Crippen LogP contribution in [-0.4, -0.2) is 67.0 Å². The number of hydrogen-bond acceptors (Lipinski definition) is 7. The van der Waals surface area contributed by atoms with E-state index in [1.807, 2.05) is 32.6 Å². The zero-order chi connectivity index (χ0) is 25.7. The van der Waals surface area contributed by atoms with Gasteiger partial charge in [0.25, 0.3) is 5.78 Å². The molecule has 188 valence electrons. The van der Waals surface area contributed by atoms with Crippen molar-refractivity contribution >= 4 is 17.8 Å². The molecule has 1 amide bonds. The van der Waals surface area contributed by atoms with Gasteiger partial charge in [-0.15, -0.1) is 5.10 Å². The fraction of sp³-hybridized carbons (Fsp3) is 0.478. The predicted octanol–water partition coefficient (Wildman–Crippen LogP) is 4.27. The van der Waals surface area contributed by atoms with E-state index in [2.05, 4.69) is 15.1 Å². The van der Waals surface area contributed by atoms with E-state index in [9.17, 15) is 23.1 Å². The average Bonchev–Trinajstić information content (AvgIpc) is 3.14. The van der Waals surface area contributed by atoms with Crippen LogP contribution in [-0.2, 0) is 10.9 Å². The molecule has 0 aliphatic carbocycles. The number of nitrogens with zero attached hydrogens (tertiary/aromatic N) is 6.